The van der Waals surface area contributed by atoms with Gasteiger partial charge in [-0.1, -0.05) is 41.6 Å². The van der Waals surface area contributed by atoms with Gasteiger partial charge in [0.2, 0.25) is 15.9 Å². The minimum Gasteiger partial charge on any atom is -0.356 e. The number of hydrogen-bond donors (Lipinski definition) is 1. The quantitative estimate of drug-likeness (QED) is 0.715. The Morgan fingerprint density at radius 1 is 1.18 bits per heavy atom. The molecule has 2 heterocycles. The molecule has 3 aromatic rings. The molecule has 7 nitrogen and oxygen atoms in total. The fraction of sp³-hybridized carbons (Fsp3) is 0.200. The first-order valence-corrected chi connectivity index (χ1v) is 10.7. The normalized spacial score (nSPS) is 13.4. The van der Waals surface area contributed by atoms with Gasteiger partial charge in [-0.3, -0.25) is 9.10 Å². The van der Waals surface area contributed by atoms with E-state index in [0.29, 0.717) is 35.8 Å². The molecule has 4 rings (SSSR count). The third kappa shape index (κ3) is 3.77. The van der Waals surface area contributed by atoms with Gasteiger partial charge in [0.1, 0.15) is 0 Å². The summed E-state index contributed by atoms with van der Waals surface area (Å²) >= 11 is 0. The van der Waals surface area contributed by atoms with E-state index in [-0.39, 0.29) is 12.3 Å². The molecule has 0 saturated carbocycles. The highest BCUT2D eigenvalue weighted by Gasteiger charge is 2.26. The van der Waals surface area contributed by atoms with Crippen molar-refractivity contribution in [3.8, 4) is 11.3 Å². The minimum atomic E-state index is -3.34. The van der Waals surface area contributed by atoms with E-state index in [1.165, 1.54) is 10.6 Å². The molecule has 28 heavy (non-hydrogen) atoms. The summed E-state index contributed by atoms with van der Waals surface area (Å²) in [6.45, 7) is 0.423. The van der Waals surface area contributed by atoms with Crippen LogP contribution in [0.2, 0.25) is 0 Å². The fourth-order valence-electron chi connectivity index (χ4n) is 3.28. The first kappa shape index (κ1) is 18.2. The Hall–Kier alpha value is -3.13. The van der Waals surface area contributed by atoms with Crippen LogP contribution in [0.25, 0.3) is 11.3 Å². The summed E-state index contributed by atoms with van der Waals surface area (Å²) in [5.41, 5.74) is 3.53. The lowest BCUT2D eigenvalue weighted by molar-refractivity contribution is -0.115. The average Bonchev–Trinajstić information content (AvgIpc) is 3.28. The van der Waals surface area contributed by atoms with Crippen molar-refractivity contribution >= 4 is 27.3 Å². The topological polar surface area (TPSA) is 92.5 Å². The first-order chi connectivity index (χ1) is 13.4. The smallest absolute Gasteiger partial charge is 0.232 e. The second-order valence-corrected chi connectivity index (χ2v) is 8.61. The molecule has 2 aromatic carbocycles. The lowest BCUT2D eigenvalue weighted by atomic mass is 10.1. The van der Waals surface area contributed by atoms with E-state index in [2.05, 4.69) is 10.5 Å². The van der Waals surface area contributed by atoms with Crippen molar-refractivity contribution in [2.75, 3.05) is 22.4 Å². The number of aromatic nitrogens is 1. The maximum absolute atomic E-state index is 12.4. The van der Waals surface area contributed by atoms with Crippen LogP contribution in [0.3, 0.4) is 0 Å². The van der Waals surface area contributed by atoms with Gasteiger partial charge in [-0.25, -0.2) is 8.42 Å². The molecule has 144 valence electrons. The molecule has 1 aliphatic rings. The van der Waals surface area contributed by atoms with Gasteiger partial charge in [0, 0.05) is 23.9 Å². The summed E-state index contributed by atoms with van der Waals surface area (Å²) in [5, 5.41) is 6.75. The van der Waals surface area contributed by atoms with E-state index in [1.807, 2.05) is 36.4 Å². The van der Waals surface area contributed by atoms with Crippen LogP contribution >= 0.6 is 0 Å². The monoisotopic (exact) mass is 397 g/mol. The van der Waals surface area contributed by atoms with Crippen molar-refractivity contribution in [2.24, 2.45) is 0 Å². The predicted molar refractivity (Wildman–Crippen MR) is 107 cm³/mol. The molecule has 1 aromatic heterocycles. The van der Waals surface area contributed by atoms with Gasteiger partial charge < -0.3 is 9.84 Å². The molecule has 0 saturated heterocycles. The molecule has 1 N–H and O–H groups in total. The van der Waals surface area contributed by atoms with Crippen molar-refractivity contribution in [2.45, 2.75) is 12.8 Å². The molecule has 0 aliphatic carbocycles. The van der Waals surface area contributed by atoms with E-state index >= 15 is 0 Å². The number of carbonyl (C=O) groups is 1. The molecular weight excluding hydrogens is 378 g/mol. The lowest BCUT2D eigenvalue weighted by Gasteiger charge is -2.17. The highest BCUT2D eigenvalue weighted by atomic mass is 32.2. The fourth-order valence-corrected chi connectivity index (χ4v) is 4.23. The van der Waals surface area contributed by atoms with Crippen LogP contribution in [-0.2, 0) is 27.7 Å². The van der Waals surface area contributed by atoms with Crippen molar-refractivity contribution in [3.05, 3.63) is 65.9 Å². The molecule has 0 bridgehead atoms. The first-order valence-electron chi connectivity index (χ1n) is 8.82. The van der Waals surface area contributed by atoms with E-state index in [4.69, 9.17) is 4.52 Å². The standard InChI is InChI=1S/C20H19N3O4S/c1-28(25,26)23-10-9-14-7-8-16(11-18(14)23)21-20(24)13-17-12-19(27-22-17)15-5-3-2-4-6-15/h2-8,11-12H,9-10,13H2,1H3,(H,21,24). The number of hydrogen-bond acceptors (Lipinski definition) is 5. The Labute approximate surface area is 163 Å². The molecule has 0 atom stereocenters. The second kappa shape index (κ2) is 7.12. The molecule has 0 fully saturated rings. The maximum Gasteiger partial charge on any atom is 0.232 e. The number of benzene rings is 2. The number of amides is 1. The van der Waals surface area contributed by atoms with E-state index < -0.39 is 10.0 Å². The van der Waals surface area contributed by atoms with Crippen LogP contribution in [0, 0.1) is 0 Å². The molecule has 0 unspecified atom stereocenters. The Morgan fingerprint density at radius 2 is 1.96 bits per heavy atom. The number of nitrogens with zero attached hydrogens (tertiary/aromatic N) is 2. The maximum atomic E-state index is 12.4. The molecule has 0 spiro atoms. The highest BCUT2D eigenvalue weighted by molar-refractivity contribution is 7.92. The summed E-state index contributed by atoms with van der Waals surface area (Å²) in [4.78, 5) is 12.4. The number of rotatable bonds is 5. The van der Waals surface area contributed by atoms with Crippen LogP contribution in [0.4, 0.5) is 11.4 Å². The molecule has 1 amide bonds. The zero-order valence-corrected chi connectivity index (χ0v) is 16.1. The van der Waals surface area contributed by atoms with Crippen molar-refractivity contribution in [1.29, 1.82) is 0 Å². The number of carbonyl (C=O) groups excluding carboxylic acids is 1. The van der Waals surface area contributed by atoms with E-state index in [0.717, 1.165) is 11.1 Å². The third-order valence-corrected chi connectivity index (χ3v) is 5.76. The largest absolute Gasteiger partial charge is 0.356 e. The van der Waals surface area contributed by atoms with Gasteiger partial charge in [0.15, 0.2) is 5.76 Å². The van der Waals surface area contributed by atoms with Crippen LogP contribution in [-0.4, -0.2) is 32.3 Å². The highest BCUT2D eigenvalue weighted by Crippen LogP contribution is 2.32. The van der Waals surface area contributed by atoms with Crippen molar-refractivity contribution in [3.63, 3.8) is 0 Å². The average molecular weight is 397 g/mol. The second-order valence-electron chi connectivity index (χ2n) is 6.70. The number of fused-ring (bicyclic) bond motifs is 1. The lowest BCUT2D eigenvalue weighted by Crippen LogP contribution is -2.27. The Balaban J connectivity index is 1.46. The Kier molecular flexibility index (Phi) is 4.64. The summed E-state index contributed by atoms with van der Waals surface area (Å²) < 4.78 is 30.5. The number of nitrogens with one attached hydrogen (secondary N) is 1. The SMILES string of the molecule is CS(=O)(=O)N1CCc2ccc(NC(=O)Cc3cc(-c4ccccc4)on3)cc21. The van der Waals surface area contributed by atoms with Gasteiger partial charge >= 0.3 is 0 Å². The van der Waals surface area contributed by atoms with Gasteiger partial charge in [-0.15, -0.1) is 0 Å². The van der Waals surface area contributed by atoms with Crippen LogP contribution in [0.15, 0.2) is 59.1 Å². The number of anilines is 2. The Bertz CT molecular complexity index is 1120. The number of sulfonamides is 1. The predicted octanol–water partition coefficient (Wildman–Crippen LogP) is 2.84. The van der Waals surface area contributed by atoms with Crippen LogP contribution < -0.4 is 9.62 Å². The zero-order chi connectivity index (χ0) is 19.7. The summed E-state index contributed by atoms with van der Waals surface area (Å²) in [5.74, 6) is 0.349. The summed E-state index contributed by atoms with van der Waals surface area (Å²) in [6.07, 6.45) is 1.91. The van der Waals surface area contributed by atoms with Gasteiger partial charge in [0.25, 0.3) is 0 Å². The van der Waals surface area contributed by atoms with Crippen molar-refractivity contribution in [1.82, 2.24) is 5.16 Å². The summed E-state index contributed by atoms with van der Waals surface area (Å²) in [6, 6.07) is 16.6. The molecule has 0 radical (unpaired) electrons. The third-order valence-electron chi connectivity index (χ3n) is 4.58. The van der Waals surface area contributed by atoms with Crippen LogP contribution in [0.1, 0.15) is 11.3 Å². The van der Waals surface area contributed by atoms with Gasteiger partial charge in [0.05, 0.1) is 24.1 Å². The minimum absolute atomic E-state index is 0.0587. The molecule has 1 aliphatic heterocycles. The van der Waals surface area contributed by atoms with E-state index in [1.54, 1.807) is 18.2 Å². The van der Waals surface area contributed by atoms with E-state index in [9.17, 15) is 13.2 Å². The zero-order valence-electron chi connectivity index (χ0n) is 15.3. The van der Waals surface area contributed by atoms with Gasteiger partial charge in [-0.05, 0) is 24.1 Å². The molecule has 8 heteroatoms. The molecular formula is C20H19N3O4S. The Morgan fingerprint density at radius 3 is 2.71 bits per heavy atom. The van der Waals surface area contributed by atoms with Crippen molar-refractivity contribution < 1.29 is 17.7 Å². The van der Waals surface area contributed by atoms with Crippen LogP contribution in [0.5, 0.6) is 0 Å². The summed E-state index contributed by atoms with van der Waals surface area (Å²) in [7, 11) is -3.34. The van der Waals surface area contributed by atoms with Gasteiger partial charge in [-0.2, -0.15) is 0 Å².